The molecule has 0 spiro atoms. The predicted octanol–water partition coefficient (Wildman–Crippen LogP) is 0.184. The van der Waals surface area contributed by atoms with Gasteiger partial charge in [-0.25, -0.2) is 8.42 Å². The van der Waals surface area contributed by atoms with E-state index >= 15 is 0 Å². The lowest BCUT2D eigenvalue weighted by molar-refractivity contribution is 0.138. The van der Waals surface area contributed by atoms with E-state index in [1.165, 1.54) is 6.26 Å². The average molecular weight is 295 g/mol. The van der Waals surface area contributed by atoms with Crippen molar-refractivity contribution >= 4 is 15.5 Å². The lowest BCUT2D eigenvalue weighted by Gasteiger charge is -2.44. The number of benzene rings is 1. The molecule has 6 heteroatoms. The van der Waals surface area contributed by atoms with Gasteiger partial charge in [-0.3, -0.25) is 4.90 Å². The van der Waals surface area contributed by atoms with Gasteiger partial charge in [0.05, 0.1) is 10.6 Å². The highest BCUT2D eigenvalue weighted by Gasteiger charge is 2.28. The van der Waals surface area contributed by atoms with E-state index in [2.05, 4.69) is 15.1 Å². The zero-order valence-corrected chi connectivity index (χ0v) is 12.6. The predicted molar refractivity (Wildman–Crippen MR) is 80.0 cm³/mol. The highest BCUT2D eigenvalue weighted by atomic mass is 32.2. The monoisotopic (exact) mass is 295 g/mol. The standard InChI is InChI=1S/C14H21N3O2S/c1-20(18,19)14-5-3-2-4-13(14)17-8-6-16(7-9-17)12-10-15-11-12/h2-5,12,15H,6-11H2,1H3. The van der Waals surface area contributed by atoms with Crippen molar-refractivity contribution in [3.63, 3.8) is 0 Å². The third-order valence-corrected chi connectivity index (χ3v) is 5.34. The van der Waals surface area contributed by atoms with Gasteiger partial charge in [0.25, 0.3) is 0 Å². The zero-order chi connectivity index (χ0) is 14.2. The minimum atomic E-state index is -3.17. The average Bonchev–Trinajstić information content (AvgIpc) is 2.37. The molecule has 0 atom stereocenters. The van der Waals surface area contributed by atoms with Crippen molar-refractivity contribution in [2.24, 2.45) is 0 Å². The summed E-state index contributed by atoms with van der Waals surface area (Å²) in [5, 5.41) is 3.30. The molecule has 2 fully saturated rings. The molecule has 0 bridgehead atoms. The van der Waals surface area contributed by atoms with E-state index in [9.17, 15) is 8.42 Å². The van der Waals surface area contributed by atoms with Gasteiger partial charge >= 0.3 is 0 Å². The molecular weight excluding hydrogens is 274 g/mol. The van der Waals surface area contributed by atoms with Crippen molar-refractivity contribution < 1.29 is 8.42 Å². The Morgan fingerprint density at radius 3 is 2.30 bits per heavy atom. The number of para-hydroxylation sites is 1. The normalized spacial score (nSPS) is 21.8. The molecule has 2 aliphatic heterocycles. The van der Waals surface area contributed by atoms with Crippen LogP contribution in [0.15, 0.2) is 29.2 Å². The molecule has 2 heterocycles. The summed E-state index contributed by atoms with van der Waals surface area (Å²) in [5.74, 6) is 0. The Kier molecular flexibility index (Phi) is 3.70. The highest BCUT2D eigenvalue weighted by molar-refractivity contribution is 7.90. The number of hydrogen-bond donors (Lipinski definition) is 1. The second kappa shape index (κ2) is 5.35. The Morgan fingerprint density at radius 2 is 1.75 bits per heavy atom. The molecule has 110 valence electrons. The van der Waals surface area contributed by atoms with E-state index in [-0.39, 0.29) is 0 Å². The fraction of sp³-hybridized carbons (Fsp3) is 0.571. The largest absolute Gasteiger partial charge is 0.368 e. The Hall–Kier alpha value is -1.11. The highest BCUT2D eigenvalue weighted by Crippen LogP contribution is 2.26. The van der Waals surface area contributed by atoms with Crippen LogP contribution in [0.25, 0.3) is 0 Å². The number of rotatable bonds is 3. The molecule has 20 heavy (non-hydrogen) atoms. The molecule has 2 aliphatic rings. The van der Waals surface area contributed by atoms with Crippen LogP contribution in [0.3, 0.4) is 0 Å². The van der Waals surface area contributed by atoms with Crippen LogP contribution in [-0.4, -0.2) is 64.9 Å². The first kappa shape index (κ1) is 13.9. The van der Waals surface area contributed by atoms with Crippen LogP contribution < -0.4 is 10.2 Å². The first-order chi connectivity index (χ1) is 9.55. The van der Waals surface area contributed by atoms with Crippen LogP contribution in [0.4, 0.5) is 5.69 Å². The third-order valence-electron chi connectivity index (χ3n) is 4.20. The summed E-state index contributed by atoms with van der Waals surface area (Å²) in [5.41, 5.74) is 0.849. The first-order valence-electron chi connectivity index (χ1n) is 7.04. The fourth-order valence-corrected chi connectivity index (χ4v) is 3.79. The molecule has 0 aromatic heterocycles. The maximum atomic E-state index is 11.9. The van der Waals surface area contributed by atoms with E-state index in [1.807, 2.05) is 12.1 Å². The van der Waals surface area contributed by atoms with Crippen molar-refractivity contribution in [1.82, 2.24) is 10.2 Å². The van der Waals surface area contributed by atoms with Gasteiger partial charge < -0.3 is 10.2 Å². The summed E-state index contributed by atoms with van der Waals surface area (Å²) in [6, 6.07) is 7.98. The van der Waals surface area contributed by atoms with Crippen LogP contribution in [0.5, 0.6) is 0 Å². The lowest BCUT2D eigenvalue weighted by Crippen LogP contribution is -2.61. The minimum Gasteiger partial charge on any atom is -0.368 e. The van der Waals surface area contributed by atoms with E-state index < -0.39 is 9.84 Å². The van der Waals surface area contributed by atoms with Crippen LogP contribution >= 0.6 is 0 Å². The summed E-state index contributed by atoms with van der Waals surface area (Å²) in [6.45, 7) is 5.96. The Bertz CT molecular complexity index is 576. The molecule has 2 saturated heterocycles. The lowest BCUT2D eigenvalue weighted by atomic mass is 10.1. The minimum absolute atomic E-state index is 0.443. The second-order valence-corrected chi connectivity index (χ2v) is 7.56. The molecule has 5 nitrogen and oxygen atoms in total. The number of hydrogen-bond acceptors (Lipinski definition) is 5. The van der Waals surface area contributed by atoms with Crippen LogP contribution in [-0.2, 0) is 9.84 Å². The van der Waals surface area contributed by atoms with E-state index in [4.69, 9.17) is 0 Å². The maximum absolute atomic E-state index is 11.9. The SMILES string of the molecule is CS(=O)(=O)c1ccccc1N1CCN(C2CNC2)CC1. The zero-order valence-electron chi connectivity index (χ0n) is 11.7. The fourth-order valence-electron chi connectivity index (χ4n) is 2.89. The van der Waals surface area contributed by atoms with E-state index in [1.54, 1.807) is 12.1 Å². The first-order valence-corrected chi connectivity index (χ1v) is 8.93. The van der Waals surface area contributed by atoms with Crippen LogP contribution in [0.2, 0.25) is 0 Å². The molecule has 0 radical (unpaired) electrons. The Morgan fingerprint density at radius 1 is 1.10 bits per heavy atom. The molecule has 1 aromatic carbocycles. The number of nitrogens with one attached hydrogen (secondary N) is 1. The third kappa shape index (κ3) is 2.68. The van der Waals surface area contributed by atoms with Crippen molar-refractivity contribution in [3.05, 3.63) is 24.3 Å². The smallest absolute Gasteiger partial charge is 0.177 e. The number of nitrogens with zero attached hydrogens (tertiary/aromatic N) is 2. The van der Waals surface area contributed by atoms with E-state index in [0.717, 1.165) is 45.0 Å². The number of piperazine rings is 1. The number of sulfone groups is 1. The number of anilines is 1. The molecule has 0 unspecified atom stereocenters. The molecule has 0 amide bonds. The topological polar surface area (TPSA) is 52.7 Å². The summed E-state index contributed by atoms with van der Waals surface area (Å²) < 4.78 is 23.8. The summed E-state index contributed by atoms with van der Waals surface area (Å²) >= 11 is 0. The molecule has 3 rings (SSSR count). The summed E-state index contributed by atoms with van der Waals surface area (Å²) in [7, 11) is -3.17. The van der Waals surface area contributed by atoms with Crippen molar-refractivity contribution in [2.45, 2.75) is 10.9 Å². The molecule has 0 aliphatic carbocycles. The van der Waals surface area contributed by atoms with Gasteiger partial charge in [0, 0.05) is 51.6 Å². The Balaban J connectivity index is 1.75. The Labute approximate surface area is 120 Å². The molecule has 1 N–H and O–H groups in total. The van der Waals surface area contributed by atoms with Crippen LogP contribution in [0, 0.1) is 0 Å². The van der Waals surface area contributed by atoms with Crippen molar-refractivity contribution in [3.8, 4) is 0 Å². The van der Waals surface area contributed by atoms with Gasteiger partial charge in [0.15, 0.2) is 9.84 Å². The van der Waals surface area contributed by atoms with Gasteiger partial charge in [-0.05, 0) is 12.1 Å². The van der Waals surface area contributed by atoms with E-state index in [0.29, 0.717) is 10.9 Å². The molecular formula is C14H21N3O2S. The summed E-state index contributed by atoms with van der Waals surface area (Å²) in [6.07, 6.45) is 1.28. The maximum Gasteiger partial charge on any atom is 0.177 e. The molecule has 1 aromatic rings. The van der Waals surface area contributed by atoms with Gasteiger partial charge in [-0.2, -0.15) is 0 Å². The molecule has 0 saturated carbocycles. The second-order valence-electron chi connectivity index (χ2n) is 5.57. The quantitative estimate of drug-likeness (QED) is 0.862. The van der Waals surface area contributed by atoms with Crippen molar-refractivity contribution in [1.29, 1.82) is 0 Å². The van der Waals surface area contributed by atoms with Gasteiger partial charge in [0.1, 0.15) is 0 Å². The van der Waals surface area contributed by atoms with Crippen LogP contribution in [0.1, 0.15) is 0 Å². The van der Waals surface area contributed by atoms with Gasteiger partial charge in [-0.1, -0.05) is 12.1 Å². The van der Waals surface area contributed by atoms with Crippen molar-refractivity contribution in [2.75, 3.05) is 50.4 Å². The summed E-state index contributed by atoms with van der Waals surface area (Å²) in [4.78, 5) is 5.13. The van der Waals surface area contributed by atoms with Gasteiger partial charge in [-0.15, -0.1) is 0 Å². The van der Waals surface area contributed by atoms with Gasteiger partial charge in [0.2, 0.25) is 0 Å².